The van der Waals surface area contributed by atoms with Gasteiger partial charge in [0.05, 0.1) is 6.20 Å². The molecule has 1 aromatic heterocycles. The molecule has 3 nitrogen and oxygen atoms in total. The summed E-state index contributed by atoms with van der Waals surface area (Å²) in [5.41, 5.74) is 0. The quantitative estimate of drug-likeness (QED) is 0.492. The summed E-state index contributed by atoms with van der Waals surface area (Å²) in [5, 5.41) is 15.0. The van der Waals surface area contributed by atoms with E-state index in [0.717, 1.165) is 0 Å². The third-order valence-corrected chi connectivity index (χ3v) is 0.505. The molecule has 0 aromatic carbocycles. The van der Waals surface area contributed by atoms with E-state index in [-0.39, 0.29) is 5.88 Å². The van der Waals surface area contributed by atoms with Crippen molar-refractivity contribution >= 4 is 0 Å². The van der Waals surface area contributed by atoms with E-state index in [9.17, 15) is 0 Å². The SMILES string of the molecule is Oc1c[c]cnn1. The largest absolute Gasteiger partial charge is 0.492 e. The molecule has 0 bridgehead atoms. The molecule has 3 heteroatoms. The summed E-state index contributed by atoms with van der Waals surface area (Å²) in [5.74, 6) is -0.0949. The van der Waals surface area contributed by atoms with Crippen LogP contribution in [0.2, 0.25) is 0 Å². The second kappa shape index (κ2) is 1.55. The van der Waals surface area contributed by atoms with E-state index in [1.165, 1.54) is 12.3 Å². The van der Waals surface area contributed by atoms with Crippen molar-refractivity contribution in [3.8, 4) is 5.88 Å². The first-order chi connectivity index (χ1) is 3.39. The number of hydrogen-bond acceptors (Lipinski definition) is 3. The van der Waals surface area contributed by atoms with E-state index >= 15 is 0 Å². The predicted molar refractivity (Wildman–Crippen MR) is 22.5 cm³/mol. The smallest absolute Gasteiger partial charge is 0.231 e. The van der Waals surface area contributed by atoms with Gasteiger partial charge in [-0.25, -0.2) is 0 Å². The van der Waals surface area contributed by atoms with Crippen LogP contribution in [-0.4, -0.2) is 15.3 Å². The zero-order chi connectivity index (χ0) is 5.11. The average molecular weight is 95.1 g/mol. The predicted octanol–water partition coefficient (Wildman–Crippen LogP) is -0.0176. The fraction of sp³-hybridized carbons (Fsp3) is 0. The van der Waals surface area contributed by atoms with Crippen molar-refractivity contribution in [2.75, 3.05) is 0 Å². The molecular weight excluding hydrogens is 92.1 g/mol. The van der Waals surface area contributed by atoms with Gasteiger partial charge in [0.25, 0.3) is 0 Å². The van der Waals surface area contributed by atoms with Crippen molar-refractivity contribution in [2.24, 2.45) is 0 Å². The lowest BCUT2D eigenvalue weighted by molar-refractivity contribution is 0.445. The molecule has 35 valence electrons. The number of rotatable bonds is 0. The van der Waals surface area contributed by atoms with E-state index in [4.69, 9.17) is 5.11 Å². The number of nitrogens with zero attached hydrogens (tertiary/aromatic N) is 2. The minimum Gasteiger partial charge on any atom is -0.492 e. The van der Waals surface area contributed by atoms with E-state index < -0.39 is 0 Å². The molecule has 0 spiro atoms. The van der Waals surface area contributed by atoms with E-state index in [1.807, 2.05) is 0 Å². The maximum Gasteiger partial charge on any atom is 0.231 e. The fourth-order valence-electron chi connectivity index (χ4n) is 0.262. The molecule has 0 amide bonds. The summed E-state index contributed by atoms with van der Waals surface area (Å²) in [7, 11) is 0. The van der Waals surface area contributed by atoms with Crippen LogP contribution in [0.5, 0.6) is 5.88 Å². The van der Waals surface area contributed by atoms with Gasteiger partial charge in [0.2, 0.25) is 5.88 Å². The van der Waals surface area contributed by atoms with Gasteiger partial charge in [0.1, 0.15) is 0 Å². The van der Waals surface area contributed by atoms with Crippen LogP contribution in [0.25, 0.3) is 0 Å². The molecule has 0 unspecified atom stereocenters. The monoisotopic (exact) mass is 95.0 g/mol. The van der Waals surface area contributed by atoms with Crippen LogP contribution in [-0.2, 0) is 0 Å². The van der Waals surface area contributed by atoms with E-state index in [2.05, 4.69) is 16.3 Å². The van der Waals surface area contributed by atoms with Crippen LogP contribution in [0.1, 0.15) is 0 Å². The van der Waals surface area contributed by atoms with Gasteiger partial charge in [-0.2, -0.15) is 5.10 Å². The molecule has 1 aromatic rings. The van der Waals surface area contributed by atoms with Crippen molar-refractivity contribution in [2.45, 2.75) is 0 Å². The van der Waals surface area contributed by atoms with Crippen LogP contribution in [0.3, 0.4) is 0 Å². The number of aromatic hydroxyl groups is 1. The Morgan fingerprint density at radius 1 is 1.71 bits per heavy atom. The van der Waals surface area contributed by atoms with Crippen LogP contribution in [0.15, 0.2) is 12.3 Å². The van der Waals surface area contributed by atoms with Crippen molar-refractivity contribution < 1.29 is 5.11 Å². The first-order valence-electron chi connectivity index (χ1n) is 1.77. The normalized spacial score (nSPS) is 8.57. The first kappa shape index (κ1) is 4.05. The molecule has 1 heterocycles. The van der Waals surface area contributed by atoms with Gasteiger partial charge in [0.15, 0.2) is 0 Å². The van der Waals surface area contributed by atoms with E-state index in [0.29, 0.717) is 0 Å². The molecule has 0 aliphatic rings. The second-order valence-electron chi connectivity index (χ2n) is 1.01. The lowest BCUT2D eigenvalue weighted by atomic mass is 10.6. The second-order valence-corrected chi connectivity index (χ2v) is 1.01. The topological polar surface area (TPSA) is 46.0 Å². The Labute approximate surface area is 40.6 Å². The minimum atomic E-state index is -0.0949. The molecule has 1 rings (SSSR count). The Morgan fingerprint density at radius 3 is 2.86 bits per heavy atom. The molecule has 7 heavy (non-hydrogen) atoms. The third-order valence-electron chi connectivity index (χ3n) is 0.505. The van der Waals surface area contributed by atoms with Crippen LogP contribution < -0.4 is 0 Å². The van der Waals surface area contributed by atoms with Crippen LogP contribution >= 0.6 is 0 Å². The highest BCUT2D eigenvalue weighted by Crippen LogP contribution is 1.93. The molecular formula is C4H3N2O. The number of hydrogen-bond donors (Lipinski definition) is 1. The molecule has 1 radical (unpaired) electrons. The summed E-state index contributed by atoms with van der Waals surface area (Å²) in [6.07, 6.45) is 1.37. The molecule has 1 N–H and O–H groups in total. The van der Waals surface area contributed by atoms with Gasteiger partial charge in [-0.1, -0.05) is 0 Å². The zero-order valence-corrected chi connectivity index (χ0v) is 3.50. The number of aromatic nitrogens is 2. The molecule has 0 saturated carbocycles. The maximum absolute atomic E-state index is 8.43. The lowest BCUT2D eigenvalue weighted by Crippen LogP contribution is -1.74. The average Bonchev–Trinajstić information content (AvgIpc) is 1.69. The maximum atomic E-state index is 8.43. The Kier molecular flexibility index (Phi) is 0.898. The van der Waals surface area contributed by atoms with Gasteiger partial charge >= 0.3 is 0 Å². The highest BCUT2D eigenvalue weighted by molar-refractivity contribution is 5.00. The third kappa shape index (κ3) is 0.855. The summed E-state index contributed by atoms with van der Waals surface area (Å²) < 4.78 is 0. The van der Waals surface area contributed by atoms with Gasteiger partial charge in [-0.05, 0) is 0 Å². The van der Waals surface area contributed by atoms with Crippen molar-refractivity contribution in [1.82, 2.24) is 10.2 Å². The highest BCUT2D eigenvalue weighted by atomic mass is 16.3. The Hall–Kier alpha value is -1.12. The Morgan fingerprint density at radius 2 is 2.57 bits per heavy atom. The molecule has 0 fully saturated rings. The summed E-state index contributed by atoms with van der Waals surface area (Å²) in [6, 6.07) is 3.88. The van der Waals surface area contributed by atoms with Crippen molar-refractivity contribution in [3.05, 3.63) is 18.3 Å². The highest BCUT2D eigenvalue weighted by Gasteiger charge is 1.78. The molecule has 0 saturated heterocycles. The van der Waals surface area contributed by atoms with Crippen molar-refractivity contribution in [1.29, 1.82) is 0 Å². The molecule has 0 aliphatic heterocycles. The summed E-state index contributed by atoms with van der Waals surface area (Å²) in [6.45, 7) is 0. The van der Waals surface area contributed by atoms with Crippen molar-refractivity contribution in [3.63, 3.8) is 0 Å². The Balaban J connectivity index is 3.02. The summed E-state index contributed by atoms with van der Waals surface area (Å²) in [4.78, 5) is 0. The van der Waals surface area contributed by atoms with Gasteiger partial charge in [0, 0.05) is 12.1 Å². The van der Waals surface area contributed by atoms with Crippen LogP contribution in [0, 0.1) is 6.07 Å². The first-order valence-corrected chi connectivity index (χ1v) is 1.77. The minimum absolute atomic E-state index is 0.0949. The van der Waals surface area contributed by atoms with Gasteiger partial charge < -0.3 is 5.11 Å². The zero-order valence-electron chi connectivity index (χ0n) is 3.50. The standard InChI is InChI=1S/C4H3N2O/c7-4-2-1-3-5-6-4/h2-3H,(H,6,7). The van der Waals surface area contributed by atoms with Gasteiger partial charge in [-0.15, -0.1) is 5.10 Å². The Bertz CT molecular complexity index is 140. The van der Waals surface area contributed by atoms with Crippen LogP contribution in [0.4, 0.5) is 0 Å². The molecule has 0 aliphatic carbocycles. The fourth-order valence-corrected chi connectivity index (χ4v) is 0.262. The van der Waals surface area contributed by atoms with Gasteiger partial charge in [-0.3, -0.25) is 0 Å². The lowest BCUT2D eigenvalue weighted by Gasteiger charge is -1.79. The van der Waals surface area contributed by atoms with E-state index in [1.54, 1.807) is 0 Å². The molecule has 0 atom stereocenters. The summed E-state index contributed by atoms with van der Waals surface area (Å²) >= 11 is 0.